The molecule has 170 valence electrons. The van der Waals surface area contributed by atoms with Crippen molar-refractivity contribution >= 4 is 23.5 Å². The topological polar surface area (TPSA) is 0 Å². The third kappa shape index (κ3) is 8.37. The lowest BCUT2D eigenvalue weighted by atomic mass is 10.0. The molecule has 3 rings (SSSR count). The molecule has 0 unspecified atom stereocenters. The number of hydrogen-bond donors (Lipinski definition) is 0. The molecule has 0 atom stereocenters. The molecule has 0 heterocycles. The van der Waals surface area contributed by atoms with Crippen LogP contribution in [-0.4, -0.2) is 11.5 Å². The Hall–Kier alpha value is -1.64. The Labute approximate surface area is 204 Å². The summed E-state index contributed by atoms with van der Waals surface area (Å²) in [5.41, 5.74) is 5.16. The Morgan fingerprint density at radius 3 is 1.03 bits per heavy atom. The van der Waals surface area contributed by atoms with E-state index in [0.717, 1.165) is 0 Å². The highest BCUT2D eigenvalue weighted by molar-refractivity contribution is 7.99. The molecule has 0 aromatic heterocycles. The van der Waals surface area contributed by atoms with Crippen molar-refractivity contribution in [3.05, 3.63) is 72.8 Å². The van der Waals surface area contributed by atoms with Crippen molar-refractivity contribution in [1.29, 1.82) is 0 Å². The molecule has 0 aliphatic rings. The molecular weight excluding hydrogens is 424 g/mol. The van der Waals surface area contributed by atoms with Gasteiger partial charge >= 0.3 is 0 Å². The Balaban J connectivity index is 1.51. The van der Waals surface area contributed by atoms with E-state index >= 15 is 0 Å². The van der Waals surface area contributed by atoms with Crippen LogP contribution in [0.5, 0.6) is 0 Å². The van der Waals surface area contributed by atoms with Gasteiger partial charge in [-0.3, -0.25) is 0 Å². The first-order chi connectivity index (χ1) is 15.8. The van der Waals surface area contributed by atoms with Gasteiger partial charge in [-0.1, -0.05) is 101 Å². The zero-order valence-electron chi connectivity index (χ0n) is 19.8. The van der Waals surface area contributed by atoms with E-state index < -0.39 is 0 Å². The number of unbranched alkanes of at least 4 members (excludes halogenated alkanes) is 6. The van der Waals surface area contributed by atoms with E-state index in [1.807, 2.05) is 23.5 Å². The summed E-state index contributed by atoms with van der Waals surface area (Å²) in [6, 6.07) is 27.1. The zero-order valence-corrected chi connectivity index (χ0v) is 21.4. The van der Waals surface area contributed by atoms with E-state index in [4.69, 9.17) is 0 Å². The van der Waals surface area contributed by atoms with Crippen LogP contribution in [0.1, 0.15) is 65.2 Å². The van der Waals surface area contributed by atoms with Crippen LogP contribution in [0.25, 0.3) is 22.3 Å². The summed E-state index contributed by atoms with van der Waals surface area (Å²) in [4.78, 5) is 2.76. The lowest BCUT2D eigenvalue weighted by molar-refractivity contribution is 0.706. The fraction of sp³-hybridized carbons (Fsp3) is 0.400. The third-order valence-corrected chi connectivity index (χ3v) is 7.99. The Morgan fingerprint density at radius 2 is 0.719 bits per heavy atom. The third-order valence-electron chi connectivity index (χ3n) is 5.79. The SMILES string of the molecule is CCCCCCSc1ccc(-c2ccc(-c3ccc(SCCCCCC)cc3)cc2)cc1. The molecule has 0 fully saturated rings. The summed E-state index contributed by atoms with van der Waals surface area (Å²) in [6.07, 6.45) is 10.7. The van der Waals surface area contributed by atoms with Crippen molar-refractivity contribution in [2.24, 2.45) is 0 Å². The van der Waals surface area contributed by atoms with Crippen molar-refractivity contribution in [3.8, 4) is 22.3 Å². The minimum atomic E-state index is 1.23. The molecule has 32 heavy (non-hydrogen) atoms. The average Bonchev–Trinajstić information content (AvgIpc) is 2.85. The first-order valence-electron chi connectivity index (χ1n) is 12.4. The Kier molecular flexibility index (Phi) is 11.3. The van der Waals surface area contributed by atoms with E-state index in [1.54, 1.807) is 0 Å². The van der Waals surface area contributed by atoms with Gasteiger partial charge in [-0.15, -0.1) is 23.5 Å². The quantitative estimate of drug-likeness (QED) is 0.172. The summed E-state index contributed by atoms with van der Waals surface area (Å²) in [5.74, 6) is 2.45. The highest BCUT2D eigenvalue weighted by Gasteiger charge is 2.03. The summed E-state index contributed by atoms with van der Waals surface area (Å²) in [5, 5.41) is 0. The molecule has 0 nitrogen and oxygen atoms in total. The molecular formula is C30H38S2. The molecule has 0 aliphatic carbocycles. The predicted octanol–water partition coefficient (Wildman–Crippen LogP) is 10.4. The van der Waals surface area contributed by atoms with E-state index in [9.17, 15) is 0 Å². The van der Waals surface area contributed by atoms with Crippen LogP contribution in [0.4, 0.5) is 0 Å². The van der Waals surface area contributed by atoms with Crippen molar-refractivity contribution in [3.63, 3.8) is 0 Å². The maximum Gasteiger partial charge on any atom is 0.00723 e. The van der Waals surface area contributed by atoms with Gasteiger partial charge in [0.25, 0.3) is 0 Å². The van der Waals surface area contributed by atoms with Crippen LogP contribution < -0.4 is 0 Å². The van der Waals surface area contributed by atoms with Crippen LogP contribution in [-0.2, 0) is 0 Å². The number of rotatable bonds is 14. The Bertz CT molecular complexity index is 803. The first kappa shape index (κ1) is 25.0. The summed E-state index contributed by atoms with van der Waals surface area (Å²) in [7, 11) is 0. The second kappa shape index (κ2) is 14.5. The number of hydrogen-bond acceptors (Lipinski definition) is 2. The molecule has 2 heteroatoms. The zero-order chi connectivity index (χ0) is 22.4. The molecule has 0 saturated heterocycles. The minimum absolute atomic E-state index is 1.23. The first-order valence-corrected chi connectivity index (χ1v) is 14.3. The van der Waals surface area contributed by atoms with Gasteiger partial charge < -0.3 is 0 Å². The van der Waals surface area contributed by atoms with Gasteiger partial charge in [0, 0.05) is 9.79 Å². The van der Waals surface area contributed by atoms with Crippen molar-refractivity contribution in [2.45, 2.75) is 75.0 Å². The summed E-state index contributed by atoms with van der Waals surface area (Å²) < 4.78 is 0. The minimum Gasteiger partial charge on any atom is -0.126 e. The fourth-order valence-corrected chi connectivity index (χ4v) is 5.61. The van der Waals surface area contributed by atoms with Crippen molar-refractivity contribution < 1.29 is 0 Å². The van der Waals surface area contributed by atoms with Gasteiger partial charge in [0.15, 0.2) is 0 Å². The highest BCUT2D eigenvalue weighted by Crippen LogP contribution is 2.29. The highest BCUT2D eigenvalue weighted by atomic mass is 32.2. The van der Waals surface area contributed by atoms with Gasteiger partial charge in [-0.05, 0) is 70.9 Å². The maximum absolute atomic E-state index is 2.27. The van der Waals surface area contributed by atoms with Gasteiger partial charge in [0.1, 0.15) is 0 Å². The van der Waals surface area contributed by atoms with Gasteiger partial charge in [0.05, 0.1) is 0 Å². The van der Waals surface area contributed by atoms with E-state index in [0.29, 0.717) is 0 Å². The number of benzene rings is 3. The van der Waals surface area contributed by atoms with E-state index in [2.05, 4.69) is 86.6 Å². The molecule has 0 bridgehead atoms. The summed E-state index contributed by atoms with van der Waals surface area (Å²) >= 11 is 3.96. The van der Waals surface area contributed by atoms with E-state index in [1.165, 1.54) is 94.9 Å². The van der Waals surface area contributed by atoms with Crippen LogP contribution >= 0.6 is 23.5 Å². The fourth-order valence-electron chi connectivity index (χ4n) is 3.78. The maximum atomic E-state index is 2.27. The molecule has 0 amide bonds. The Morgan fingerprint density at radius 1 is 0.406 bits per heavy atom. The monoisotopic (exact) mass is 462 g/mol. The predicted molar refractivity (Wildman–Crippen MR) is 147 cm³/mol. The molecule has 0 saturated carbocycles. The molecule has 3 aromatic rings. The standard InChI is InChI=1S/C30H38S2/c1-3-5-7-9-23-31-29-19-15-27(16-20-29)25-11-13-26(14-12-25)28-17-21-30(22-18-28)32-24-10-8-6-4-2/h11-22H,3-10,23-24H2,1-2H3. The second-order valence-electron chi connectivity index (χ2n) is 8.44. The van der Waals surface area contributed by atoms with Crippen LogP contribution in [0.2, 0.25) is 0 Å². The van der Waals surface area contributed by atoms with E-state index in [-0.39, 0.29) is 0 Å². The largest absolute Gasteiger partial charge is 0.126 e. The van der Waals surface area contributed by atoms with Crippen LogP contribution in [0.15, 0.2) is 82.6 Å². The lowest BCUT2D eigenvalue weighted by Crippen LogP contribution is -1.84. The summed E-state index contributed by atoms with van der Waals surface area (Å²) in [6.45, 7) is 4.54. The normalized spacial score (nSPS) is 11.1. The lowest BCUT2D eigenvalue weighted by Gasteiger charge is -2.08. The molecule has 0 radical (unpaired) electrons. The van der Waals surface area contributed by atoms with Crippen molar-refractivity contribution in [1.82, 2.24) is 0 Å². The molecule has 0 spiro atoms. The van der Waals surface area contributed by atoms with Crippen LogP contribution in [0, 0.1) is 0 Å². The average molecular weight is 463 g/mol. The molecule has 0 N–H and O–H groups in total. The smallest absolute Gasteiger partial charge is 0.00723 e. The van der Waals surface area contributed by atoms with Gasteiger partial charge in [0.2, 0.25) is 0 Å². The van der Waals surface area contributed by atoms with Gasteiger partial charge in [-0.25, -0.2) is 0 Å². The second-order valence-corrected chi connectivity index (χ2v) is 10.8. The molecule has 0 aliphatic heterocycles. The van der Waals surface area contributed by atoms with Crippen LogP contribution in [0.3, 0.4) is 0 Å². The number of thioether (sulfide) groups is 2. The van der Waals surface area contributed by atoms with Crippen molar-refractivity contribution in [2.75, 3.05) is 11.5 Å². The molecule has 3 aromatic carbocycles. The van der Waals surface area contributed by atoms with Gasteiger partial charge in [-0.2, -0.15) is 0 Å².